The third-order valence-electron chi connectivity index (χ3n) is 5.44. The molecule has 1 aliphatic heterocycles. The van der Waals surface area contributed by atoms with Crippen molar-refractivity contribution >= 4 is 23.0 Å². The smallest absolute Gasteiger partial charge is 0.0554 e. The zero-order valence-electron chi connectivity index (χ0n) is 14.4. The van der Waals surface area contributed by atoms with Crippen LogP contribution in [0.5, 0.6) is 0 Å². The van der Waals surface area contributed by atoms with Crippen molar-refractivity contribution in [2.24, 2.45) is 5.92 Å². The van der Waals surface area contributed by atoms with Gasteiger partial charge in [-0.3, -0.25) is 0 Å². The van der Waals surface area contributed by atoms with Crippen molar-refractivity contribution in [3.05, 3.63) is 70.3 Å². The fraction of sp³-hybridized carbons (Fsp3) is 0.333. The van der Waals surface area contributed by atoms with E-state index in [9.17, 15) is 0 Å². The normalized spacial score (nSPS) is 24.2. The highest BCUT2D eigenvalue weighted by molar-refractivity contribution is 6.32. The summed E-state index contributed by atoms with van der Waals surface area (Å²) in [6, 6.07) is 13.4. The molecular weight excluding hydrogens is 316 g/mol. The predicted molar refractivity (Wildman–Crippen MR) is 103 cm³/mol. The molecule has 3 unspecified atom stereocenters. The molecule has 0 saturated carbocycles. The van der Waals surface area contributed by atoms with Crippen LogP contribution in [-0.2, 0) is 0 Å². The lowest BCUT2D eigenvalue weighted by Crippen LogP contribution is -2.29. The van der Waals surface area contributed by atoms with Gasteiger partial charge in [0.1, 0.15) is 0 Å². The van der Waals surface area contributed by atoms with Crippen molar-refractivity contribution in [3.63, 3.8) is 0 Å². The fourth-order valence-electron chi connectivity index (χ4n) is 4.12. The first kappa shape index (κ1) is 15.6. The van der Waals surface area contributed by atoms with Crippen molar-refractivity contribution < 1.29 is 0 Å². The average Bonchev–Trinajstić information content (AvgIpc) is 3.07. The Hall–Kier alpha value is -1.93. The van der Waals surface area contributed by atoms with Crippen LogP contribution in [0.25, 0.3) is 0 Å². The minimum atomic E-state index is 0.325. The summed E-state index contributed by atoms with van der Waals surface area (Å²) in [6.45, 7) is 2.16. The van der Waals surface area contributed by atoms with Gasteiger partial charge in [0.25, 0.3) is 0 Å². The van der Waals surface area contributed by atoms with Gasteiger partial charge in [0.15, 0.2) is 0 Å². The third kappa shape index (κ3) is 2.41. The molecule has 3 heteroatoms. The number of nitrogens with zero attached hydrogens (tertiary/aromatic N) is 1. The molecule has 4 rings (SSSR count). The summed E-state index contributed by atoms with van der Waals surface area (Å²) in [4.78, 5) is 2.14. The van der Waals surface area contributed by atoms with E-state index in [0.717, 1.165) is 11.4 Å². The second-order valence-electron chi connectivity index (χ2n) is 7.11. The summed E-state index contributed by atoms with van der Waals surface area (Å²) in [5, 5.41) is 4.69. The Balaban J connectivity index is 1.77. The molecule has 0 aromatic heterocycles. The molecule has 3 atom stereocenters. The minimum absolute atomic E-state index is 0.325. The maximum absolute atomic E-state index is 6.55. The minimum Gasteiger partial charge on any atom is -0.378 e. The first-order valence-electron chi connectivity index (χ1n) is 8.55. The molecule has 0 fully saturated rings. The van der Waals surface area contributed by atoms with Crippen LogP contribution in [-0.4, -0.2) is 14.1 Å². The monoisotopic (exact) mass is 338 g/mol. The Labute approximate surface area is 149 Å². The van der Waals surface area contributed by atoms with Gasteiger partial charge in [-0.05, 0) is 48.6 Å². The molecule has 124 valence electrons. The summed E-state index contributed by atoms with van der Waals surface area (Å²) < 4.78 is 0. The molecule has 0 radical (unpaired) electrons. The summed E-state index contributed by atoms with van der Waals surface area (Å²) in [6.07, 6.45) is 5.75. The van der Waals surface area contributed by atoms with Crippen molar-refractivity contribution in [1.29, 1.82) is 0 Å². The van der Waals surface area contributed by atoms with Crippen LogP contribution in [0, 0.1) is 12.8 Å². The lowest BCUT2D eigenvalue weighted by atomic mass is 9.76. The van der Waals surface area contributed by atoms with Gasteiger partial charge >= 0.3 is 0 Å². The largest absolute Gasteiger partial charge is 0.378 e. The average molecular weight is 339 g/mol. The predicted octanol–water partition coefficient (Wildman–Crippen LogP) is 5.54. The number of hydrogen-bond acceptors (Lipinski definition) is 2. The Morgan fingerprint density at radius 1 is 1.08 bits per heavy atom. The van der Waals surface area contributed by atoms with E-state index < -0.39 is 0 Å². The molecule has 24 heavy (non-hydrogen) atoms. The van der Waals surface area contributed by atoms with Gasteiger partial charge in [-0.1, -0.05) is 42.0 Å². The second-order valence-corrected chi connectivity index (χ2v) is 7.52. The number of halogens is 1. The highest BCUT2D eigenvalue weighted by Gasteiger charge is 2.39. The number of fused-ring (bicyclic) bond motifs is 3. The maximum Gasteiger partial charge on any atom is 0.0554 e. The lowest BCUT2D eigenvalue weighted by Gasteiger charge is -2.39. The Bertz CT molecular complexity index is 792. The zero-order valence-corrected chi connectivity index (χ0v) is 15.1. The lowest BCUT2D eigenvalue weighted by molar-refractivity contribution is 0.425. The molecule has 2 aromatic rings. The van der Waals surface area contributed by atoms with Crippen LogP contribution in [0.3, 0.4) is 0 Å². The molecule has 1 heterocycles. The molecule has 2 nitrogen and oxygen atoms in total. The van der Waals surface area contributed by atoms with Gasteiger partial charge in [-0.2, -0.15) is 0 Å². The summed E-state index contributed by atoms with van der Waals surface area (Å²) in [5.74, 6) is 0.939. The van der Waals surface area contributed by atoms with E-state index in [2.05, 4.69) is 73.7 Å². The number of benzene rings is 2. The van der Waals surface area contributed by atoms with E-state index in [-0.39, 0.29) is 0 Å². The molecule has 1 aliphatic carbocycles. The van der Waals surface area contributed by atoms with Crippen LogP contribution in [0.15, 0.2) is 48.6 Å². The maximum atomic E-state index is 6.55. The molecule has 0 saturated heterocycles. The van der Waals surface area contributed by atoms with Crippen molar-refractivity contribution in [1.82, 2.24) is 0 Å². The standard InChI is InChI=1S/C21H23ClN2/c1-13-7-12-18(22)19-16-5-4-6-17(16)21(23-20(13)19)14-8-10-15(11-9-14)24(2)3/h4-5,7-12,16-17,21,23H,6H2,1-3H3. The number of nitrogens with one attached hydrogen (secondary N) is 1. The van der Waals surface area contributed by atoms with Gasteiger partial charge in [-0.15, -0.1) is 0 Å². The van der Waals surface area contributed by atoms with Gasteiger partial charge in [0.05, 0.1) is 6.04 Å². The van der Waals surface area contributed by atoms with Gasteiger partial charge in [-0.25, -0.2) is 0 Å². The van der Waals surface area contributed by atoms with Gasteiger partial charge in [0, 0.05) is 42.0 Å². The summed E-state index contributed by atoms with van der Waals surface area (Å²) in [7, 11) is 4.15. The zero-order chi connectivity index (χ0) is 16.8. The van der Waals surface area contributed by atoms with Gasteiger partial charge < -0.3 is 10.2 Å². The highest BCUT2D eigenvalue weighted by atomic mass is 35.5. The fourth-order valence-corrected chi connectivity index (χ4v) is 4.40. The summed E-state index contributed by atoms with van der Waals surface area (Å²) >= 11 is 6.55. The number of allylic oxidation sites excluding steroid dienone is 2. The van der Waals surface area contributed by atoms with E-state index in [1.54, 1.807) is 0 Å². The number of aryl methyl sites for hydroxylation is 1. The quantitative estimate of drug-likeness (QED) is 0.723. The van der Waals surface area contributed by atoms with E-state index in [4.69, 9.17) is 11.6 Å². The van der Waals surface area contributed by atoms with E-state index in [1.807, 2.05) is 6.07 Å². The summed E-state index contributed by atoms with van der Waals surface area (Å²) in [5.41, 5.74) is 6.34. The van der Waals surface area contributed by atoms with Crippen LogP contribution in [0.1, 0.15) is 35.1 Å². The molecule has 2 aromatic carbocycles. The van der Waals surface area contributed by atoms with Crippen LogP contribution < -0.4 is 10.2 Å². The number of anilines is 2. The third-order valence-corrected chi connectivity index (χ3v) is 5.77. The highest BCUT2D eigenvalue weighted by Crippen LogP contribution is 2.52. The van der Waals surface area contributed by atoms with E-state index in [1.165, 1.54) is 28.1 Å². The van der Waals surface area contributed by atoms with E-state index >= 15 is 0 Å². The molecular formula is C21H23ClN2. The molecule has 2 aliphatic rings. The first-order chi connectivity index (χ1) is 11.6. The number of rotatable bonds is 2. The van der Waals surface area contributed by atoms with Crippen LogP contribution in [0.2, 0.25) is 5.02 Å². The van der Waals surface area contributed by atoms with Crippen LogP contribution >= 0.6 is 11.6 Å². The first-order valence-corrected chi connectivity index (χ1v) is 8.93. The number of hydrogen-bond donors (Lipinski definition) is 1. The molecule has 0 bridgehead atoms. The van der Waals surface area contributed by atoms with Gasteiger partial charge in [0.2, 0.25) is 0 Å². The van der Waals surface area contributed by atoms with E-state index in [0.29, 0.717) is 17.9 Å². The Morgan fingerprint density at radius 3 is 2.54 bits per heavy atom. The molecule has 1 N–H and O–H groups in total. The Kier molecular flexibility index (Phi) is 3.80. The topological polar surface area (TPSA) is 15.3 Å². The van der Waals surface area contributed by atoms with Crippen molar-refractivity contribution in [3.8, 4) is 0 Å². The SMILES string of the molecule is Cc1ccc(Cl)c2c1NC(c1ccc(N(C)C)cc1)C1CC=CC21. The van der Waals surface area contributed by atoms with Crippen LogP contribution in [0.4, 0.5) is 11.4 Å². The Morgan fingerprint density at radius 2 is 1.83 bits per heavy atom. The molecule has 0 amide bonds. The van der Waals surface area contributed by atoms with Crippen molar-refractivity contribution in [2.45, 2.75) is 25.3 Å². The second kappa shape index (κ2) is 5.86. The molecule has 0 spiro atoms. The van der Waals surface area contributed by atoms with Crippen molar-refractivity contribution in [2.75, 3.05) is 24.3 Å².